The van der Waals surface area contributed by atoms with Gasteiger partial charge in [-0.1, -0.05) is 17.7 Å². The van der Waals surface area contributed by atoms with Crippen molar-refractivity contribution in [1.29, 1.82) is 0 Å². The van der Waals surface area contributed by atoms with Crippen molar-refractivity contribution in [3.8, 4) is 11.1 Å². The number of methoxy groups -OCH3 is 1. The summed E-state index contributed by atoms with van der Waals surface area (Å²) in [5.74, 6) is -0.543. The van der Waals surface area contributed by atoms with E-state index in [9.17, 15) is 14.4 Å². The van der Waals surface area contributed by atoms with Gasteiger partial charge in [0.1, 0.15) is 6.04 Å². The number of nitrogens with zero attached hydrogens (tertiary/aromatic N) is 1. The standard InChI is InChI=1S/C30H32ClN3O5/c1-17-11-20-5-8-22(31)12-24(20)25-13-28(35)34(15-21(25)16-39-17)26(14-27(38-2)18-3-4-18)30(37)33-23-9-6-19(7-10-23)29(32)36/h5-10,12-13,15,17-18,26-27H,3-4,11,14,16H2,1-2H3,(H2,32,36)(H,33,37). The monoisotopic (exact) mass is 549 g/mol. The molecule has 0 radical (unpaired) electrons. The molecule has 0 saturated heterocycles. The lowest BCUT2D eigenvalue weighted by atomic mass is 9.92. The van der Waals surface area contributed by atoms with Crippen LogP contribution in [0.5, 0.6) is 0 Å². The first-order chi connectivity index (χ1) is 18.7. The van der Waals surface area contributed by atoms with Gasteiger partial charge in [-0.2, -0.15) is 0 Å². The number of amides is 2. The summed E-state index contributed by atoms with van der Waals surface area (Å²) in [4.78, 5) is 38.8. The molecule has 3 N–H and O–H groups in total. The zero-order valence-electron chi connectivity index (χ0n) is 22.0. The van der Waals surface area contributed by atoms with Gasteiger partial charge in [-0.3, -0.25) is 14.4 Å². The highest BCUT2D eigenvalue weighted by Gasteiger charge is 2.36. The molecule has 39 heavy (non-hydrogen) atoms. The molecule has 1 fully saturated rings. The number of rotatable bonds is 8. The second-order valence-corrected chi connectivity index (χ2v) is 10.8. The van der Waals surface area contributed by atoms with Crippen LogP contribution in [0.15, 0.2) is 59.5 Å². The van der Waals surface area contributed by atoms with Crippen LogP contribution in [0.25, 0.3) is 11.1 Å². The third-order valence-electron chi connectivity index (χ3n) is 7.54. The number of aromatic nitrogens is 1. The average Bonchev–Trinajstić information content (AvgIpc) is 3.75. The Bertz CT molecular complexity index is 1450. The number of nitrogens with one attached hydrogen (secondary N) is 1. The zero-order chi connectivity index (χ0) is 27.7. The van der Waals surface area contributed by atoms with Crippen LogP contribution in [0.3, 0.4) is 0 Å². The molecule has 0 spiro atoms. The summed E-state index contributed by atoms with van der Waals surface area (Å²) in [6, 6.07) is 12.8. The van der Waals surface area contributed by atoms with Crippen molar-refractivity contribution < 1.29 is 19.1 Å². The number of fused-ring (bicyclic) bond motifs is 3. The van der Waals surface area contributed by atoms with E-state index in [1.807, 2.05) is 25.1 Å². The van der Waals surface area contributed by atoms with Crippen molar-refractivity contribution in [2.75, 3.05) is 12.4 Å². The SMILES string of the molecule is COC(CC(C(=O)Nc1ccc(C(N)=O)cc1)n1cc2c(cc1=O)-c1cc(Cl)ccc1CC(C)OC2)C1CC1. The maximum Gasteiger partial charge on any atom is 0.251 e. The van der Waals surface area contributed by atoms with Crippen LogP contribution in [0.2, 0.25) is 5.02 Å². The summed E-state index contributed by atoms with van der Waals surface area (Å²) >= 11 is 6.34. The van der Waals surface area contributed by atoms with Crippen LogP contribution in [-0.2, 0) is 27.3 Å². The van der Waals surface area contributed by atoms with Gasteiger partial charge in [0, 0.05) is 47.6 Å². The minimum absolute atomic E-state index is 0.0336. The number of carbonyl (C=O) groups is 2. The summed E-state index contributed by atoms with van der Waals surface area (Å²) in [7, 11) is 1.64. The molecular formula is C30H32ClN3O5. The lowest BCUT2D eigenvalue weighted by Crippen LogP contribution is -2.36. The van der Waals surface area contributed by atoms with Crippen molar-refractivity contribution in [2.45, 2.75) is 57.5 Å². The first-order valence-electron chi connectivity index (χ1n) is 13.1. The summed E-state index contributed by atoms with van der Waals surface area (Å²) in [6.45, 7) is 2.31. The Kier molecular flexibility index (Phi) is 7.88. The zero-order valence-corrected chi connectivity index (χ0v) is 22.7. The Morgan fingerprint density at radius 1 is 1.13 bits per heavy atom. The predicted molar refractivity (Wildman–Crippen MR) is 150 cm³/mol. The smallest absolute Gasteiger partial charge is 0.251 e. The quantitative estimate of drug-likeness (QED) is 0.422. The molecule has 2 aliphatic rings. The molecule has 9 heteroatoms. The fourth-order valence-electron chi connectivity index (χ4n) is 5.24. The number of anilines is 1. The number of halogens is 1. The first kappa shape index (κ1) is 27.1. The van der Waals surface area contributed by atoms with Gasteiger partial charge in [0.05, 0.1) is 18.8 Å². The van der Waals surface area contributed by atoms with E-state index in [0.717, 1.165) is 35.1 Å². The Morgan fingerprint density at radius 3 is 2.51 bits per heavy atom. The Balaban J connectivity index is 1.54. The lowest BCUT2D eigenvalue weighted by molar-refractivity contribution is -0.120. The largest absolute Gasteiger partial charge is 0.381 e. The van der Waals surface area contributed by atoms with Crippen LogP contribution in [0.1, 0.15) is 53.7 Å². The summed E-state index contributed by atoms with van der Waals surface area (Å²) in [5, 5.41) is 3.49. The van der Waals surface area contributed by atoms with E-state index in [1.54, 1.807) is 43.6 Å². The van der Waals surface area contributed by atoms with E-state index in [0.29, 0.717) is 41.6 Å². The maximum absolute atomic E-state index is 13.7. The summed E-state index contributed by atoms with van der Waals surface area (Å²) in [6.07, 6.45) is 4.64. The van der Waals surface area contributed by atoms with Gasteiger partial charge < -0.3 is 25.1 Å². The number of ether oxygens (including phenoxy) is 2. The molecule has 2 amide bonds. The number of hydrogen-bond donors (Lipinski definition) is 2. The highest BCUT2D eigenvalue weighted by molar-refractivity contribution is 6.30. The summed E-state index contributed by atoms with van der Waals surface area (Å²) in [5.41, 5.74) is 9.38. The van der Waals surface area contributed by atoms with E-state index in [1.165, 1.54) is 4.57 Å². The number of hydrogen-bond acceptors (Lipinski definition) is 5. The normalized spacial score (nSPS) is 18.2. The number of nitrogens with two attached hydrogens (primary N) is 1. The number of benzene rings is 2. The average molecular weight is 550 g/mol. The molecule has 2 aromatic carbocycles. The van der Waals surface area contributed by atoms with E-state index in [-0.39, 0.29) is 23.7 Å². The molecular weight excluding hydrogens is 518 g/mol. The molecule has 1 aliphatic heterocycles. The van der Waals surface area contributed by atoms with Crippen molar-refractivity contribution in [2.24, 2.45) is 11.7 Å². The Hall–Kier alpha value is -3.46. The third kappa shape index (κ3) is 6.08. The first-order valence-corrected chi connectivity index (χ1v) is 13.5. The second-order valence-electron chi connectivity index (χ2n) is 10.4. The fraction of sp³-hybridized carbons (Fsp3) is 0.367. The predicted octanol–water partition coefficient (Wildman–Crippen LogP) is 4.72. The van der Waals surface area contributed by atoms with E-state index < -0.39 is 11.9 Å². The van der Waals surface area contributed by atoms with Gasteiger partial charge in [-0.25, -0.2) is 0 Å². The Morgan fingerprint density at radius 2 is 1.85 bits per heavy atom. The van der Waals surface area contributed by atoms with E-state index >= 15 is 0 Å². The van der Waals surface area contributed by atoms with Crippen molar-refractivity contribution >= 4 is 29.1 Å². The molecule has 1 aliphatic carbocycles. The van der Waals surface area contributed by atoms with Crippen LogP contribution < -0.4 is 16.6 Å². The number of pyridine rings is 1. The van der Waals surface area contributed by atoms with Crippen LogP contribution in [0, 0.1) is 5.92 Å². The molecule has 3 atom stereocenters. The molecule has 1 aromatic heterocycles. The van der Waals surface area contributed by atoms with Gasteiger partial charge in [0.2, 0.25) is 11.8 Å². The van der Waals surface area contributed by atoms with Crippen LogP contribution in [0.4, 0.5) is 5.69 Å². The van der Waals surface area contributed by atoms with Crippen molar-refractivity contribution in [3.63, 3.8) is 0 Å². The highest BCUT2D eigenvalue weighted by Crippen LogP contribution is 2.38. The minimum atomic E-state index is -0.828. The molecule has 8 nitrogen and oxygen atoms in total. The van der Waals surface area contributed by atoms with Crippen molar-refractivity contribution in [3.05, 3.63) is 86.8 Å². The van der Waals surface area contributed by atoms with E-state index in [4.69, 9.17) is 26.8 Å². The fourth-order valence-corrected chi connectivity index (χ4v) is 5.41. The molecule has 0 bridgehead atoms. The maximum atomic E-state index is 13.7. The van der Waals surface area contributed by atoms with Gasteiger partial charge in [-0.05, 0) is 85.2 Å². The lowest BCUT2D eigenvalue weighted by Gasteiger charge is -2.27. The molecule has 3 aromatic rings. The van der Waals surface area contributed by atoms with Gasteiger partial charge in [0.15, 0.2) is 0 Å². The topological polar surface area (TPSA) is 113 Å². The van der Waals surface area contributed by atoms with Crippen molar-refractivity contribution in [1.82, 2.24) is 4.57 Å². The van der Waals surface area contributed by atoms with Crippen LogP contribution in [-0.4, -0.2) is 35.7 Å². The molecule has 204 valence electrons. The molecule has 1 saturated carbocycles. The van der Waals surface area contributed by atoms with Crippen LogP contribution >= 0.6 is 11.6 Å². The molecule has 3 unspecified atom stereocenters. The number of carbonyl (C=O) groups excluding carboxylic acids is 2. The van der Waals surface area contributed by atoms with Gasteiger partial charge in [0.25, 0.3) is 5.56 Å². The molecule has 5 rings (SSSR count). The third-order valence-corrected chi connectivity index (χ3v) is 7.77. The highest BCUT2D eigenvalue weighted by atomic mass is 35.5. The van der Waals surface area contributed by atoms with Gasteiger partial charge in [-0.15, -0.1) is 0 Å². The Labute approximate surface area is 232 Å². The second kappa shape index (κ2) is 11.3. The number of primary amides is 1. The minimum Gasteiger partial charge on any atom is -0.381 e. The van der Waals surface area contributed by atoms with E-state index in [2.05, 4.69) is 5.32 Å². The van der Waals surface area contributed by atoms with Gasteiger partial charge >= 0.3 is 0 Å². The molecule has 2 heterocycles. The summed E-state index contributed by atoms with van der Waals surface area (Å²) < 4.78 is 13.3.